The first-order chi connectivity index (χ1) is 2.27. The zero-order valence-electron chi connectivity index (χ0n) is 3.23. The van der Waals surface area contributed by atoms with E-state index in [1.807, 2.05) is 0 Å². The van der Waals surface area contributed by atoms with Gasteiger partial charge >= 0.3 is 0 Å². The molecule has 0 aromatic carbocycles. The summed E-state index contributed by atoms with van der Waals surface area (Å²) in [4.78, 5) is 0. The maximum atomic E-state index is 7.98. The Labute approximate surface area is 31.6 Å². The van der Waals surface area contributed by atoms with Gasteiger partial charge in [-0.3, -0.25) is 0 Å². The summed E-state index contributed by atoms with van der Waals surface area (Å²) in [6.45, 7) is 1.67. The van der Waals surface area contributed by atoms with Gasteiger partial charge in [0.15, 0.2) is 0 Å². The van der Waals surface area contributed by atoms with Crippen LogP contribution in [0.4, 0.5) is 0 Å². The number of nitrogens with two attached hydrogens (primary N) is 1. The summed E-state index contributed by atoms with van der Waals surface area (Å²) in [7, 11) is 0. The van der Waals surface area contributed by atoms with E-state index >= 15 is 0 Å². The van der Waals surface area contributed by atoms with Gasteiger partial charge in [0.1, 0.15) is 0 Å². The molecule has 0 saturated heterocycles. The van der Waals surface area contributed by atoms with E-state index in [9.17, 15) is 0 Å². The molecule has 0 aromatic rings. The lowest BCUT2D eigenvalue weighted by Crippen LogP contribution is -2.08. The number of hydrogen-bond donors (Lipinski definition) is 2. The van der Waals surface area contributed by atoms with Crippen LogP contribution in [-0.2, 0) is 0 Å². The van der Waals surface area contributed by atoms with Crippen molar-refractivity contribution in [2.24, 2.45) is 5.73 Å². The highest BCUT2D eigenvalue weighted by molar-refractivity contribution is 4.70. The average Bonchev–Trinajstić information content (AvgIpc) is 1.38. The van der Waals surface area contributed by atoms with Crippen LogP contribution in [0.25, 0.3) is 0 Å². The molecule has 0 bridgehead atoms. The minimum Gasteiger partial charge on any atom is -0.394 e. The second-order valence-electron chi connectivity index (χ2n) is 1.00. The fraction of sp³-hybridized carbons (Fsp3) is 0.667. The van der Waals surface area contributed by atoms with Gasteiger partial charge in [-0.05, 0) is 6.92 Å². The van der Waals surface area contributed by atoms with Crippen LogP contribution in [-0.4, -0.2) is 11.7 Å². The quantitative estimate of drug-likeness (QED) is 0.440. The van der Waals surface area contributed by atoms with Gasteiger partial charge in [-0.2, -0.15) is 0 Å². The summed E-state index contributed by atoms with van der Waals surface area (Å²) >= 11 is 0. The summed E-state index contributed by atoms with van der Waals surface area (Å²) in [5, 5.41) is 7.98. The van der Waals surface area contributed by atoms with Crippen LogP contribution in [0.3, 0.4) is 0 Å². The zero-order chi connectivity index (χ0) is 4.28. The maximum absolute atomic E-state index is 7.98. The van der Waals surface area contributed by atoms with E-state index in [4.69, 9.17) is 10.8 Å². The number of aliphatic hydroxyl groups excluding tert-OH is 1. The Morgan fingerprint density at radius 2 is 2.20 bits per heavy atom. The predicted octanol–water partition coefficient (Wildman–Crippen LogP) is -0.511. The summed E-state index contributed by atoms with van der Waals surface area (Å²) in [5.41, 5.74) is 4.96. The fourth-order valence-corrected chi connectivity index (χ4v) is 0. The summed E-state index contributed by atoms with van der Waals surface area (Å²) in [5.74, 6) is 0. The molecule has 0 amide bonds. The average molecular weight is 74.1 g/mol. The molecule has 2 heteroatoms. The molecule has 2 nitrogen and oxygen atoms in total. The largest absolute Gasteiger partial charge is 0.394 e. The Balaban J connectivity index is 2.54. The standard InChI is InChI=1S/C3H8NO/c1-3(4)2-5/h5H,2,4H2,1H3. The lowest BCUT2D eigenvalue weighted by atomic mass is 10.4. The molecule has 0 rings (SSSR count). The van der Waals surface area contributed by atoms with Crippen LogP contribution in [0.15, 0.2) is 0 Å². The summed E-state index contributed by atoms with van der Waals surface area (Å²) < 4.78 is 0. The van der Waals surface area contributed by atoms with Gasteiger partial charge in [-0.25, -0.2) is 0 Å². The number of hydrogen-bond acceptors (Lipinski definition) is 2. The lowest BCUT2D eigenvalue weighted by molar-refractivity contribution is 0.308. The molecule has 0 aromatic heterocycles. The fourth-order valence-electron chi connectivity index (χ4n) is 0. The first-order valence-electron chi connectivity index (χ1n) is 1.46. The first-order valence-corrected chi connectivity index (χ1v) is 1.46. The van der Waals surface area contributed by atoms with E-state index in [-0.39, 0.29) is 6.61 Å². The molecule has 1 radical (unpaired) electrons. The minimum atomic E-state index is 0. The Morgan fingerprint density at radius 1 is 2.00 bits per heavy atom. The van der Waals surface area contributed by atoms with Crippen molar-refractivity contribution in [1.82, 2.24) is 0 Å². The third-order valence-corrected chi connectivity index (χ3v) is 0.249. The third kappa shape index (κ3) is 3.92. The van der Waals surface area contributed by atoms with Crippen molar-refractivity contribution >= 4 is 0 Å². The SMILES string of the molecule is C[C](N)CO. The van der Waals surface area contributed by atoms with Gasteiger partial charge in [0, 0.05) is 0 Å². The van der Waals surface area contributed by atoms with Crippen molar-refractivity contribution in [3.8, 4) is 0 Å². The maximum Gasteiger partial charge on any atom is 0.0627 e. The van der Waals surface area contributed by atoms with Crippen LogP contribution in [0.1, 0.15) is 6.92 Å². The minimum absolute atomic E-state index is 0. The van der Waals surface area contributed by atoms with E-state index in [1.165, 1.54) is 0 Å². The molecule has 0 unspecified atom stereocenters. The molecule has 5 heavy (non-hydrogen) atoms. The molecule has 3 N–H and O–H groups in total. The number of aliphatic hydroxyl groups is 1. The Bertz CT molecular complexity index is 20.9. The van der Waals surface area contributed by atoms with Crippen LogP contribution in [0, 0.1) is 6.04 Å². The van der Waals surface area contributed by atoms with E-state index in [2.05, 4.69) is 0 Å². The molecule has 0 atom stereocenters. The predicted molar refractivity (Wildman–Crippen MR) is 20.2 cm³/mol. The van der Waals surface area contributed by atoms with Crippen LogP contribution >= 0.6 is 0 Å². The normalized spacial score (nSPS) is 9.60. The van der Waals surface area contributed by atoms with Crippen molar-refractivity contribution in [2.45, 2.75) is 6.92 Å². The molecule has 0 spiro atoms. The zero-order valence-corrected chi connectivity index (χ0v) is 3.23. The van der Waals surface area contributed by atoms with Crippen molar-refractivity contribution < 1.29 is 5.11 Å². The second-order valence-corrected chi connectivity index (χ2v) is 1.00. The van der Waals surface area contributed by atoms with E-state index < -0.39 is 0 Å². The smallest absolute Gasteiger partial charge is 0.0627 e. The summed E-state index contributed by atoms with van der Waals surface area (Å²) in [6, 6.07) is 0.560. The molecular formula is C3H8NO. The first kappa shape index (κ1) is 4.92. The molecule has 0 heterocycles. The van der Waals surface area contributed by atoms with Crippen LogP contribution < -0.4 is 5.73 Å². The molecular weight excluding hydrogens is 66.0 g/mol. The van der Waals surface area contributed by atoms with E-state index in [0.29, 0.717) is 6.04 Å². The molecule has 0 aliphatic heterocycles. The topological polar surface area (TPSA) is 46.2 Å². The van der Waals surface area contributed by atoms with Gasteiger partial charge in [0.05, 0.1) is 12.6 Å². The van der Waals surface area contributed by atoms with E-state index in [0.717, 1.165) is 0 Å². The Kier molecular flexibility index (Phi) is 2.14. The third-order valence-electron chi connectivity index (χ3n) is 0.249. The highest BCUT2D eigenvalue weighted by Gasteiger charge is 1.82. The van der Waals surface area contributed by atoms with Crippen molar-refractivity contribution in [3.05, 3.63) is 6.04 Å². The highest BCUT2D eigenvalue weighted by atomic mass is 16.3. The second kappa shape index (κ2) is 2.18. The summed E-state index contributed by atoms with van der Waals surface area (Å²) in [6.07, 6.45) is 0. The lowest BCUT2D eigenvalue weighted by Gasteiger charge is -1.89. The molecule has 0 aliphatic rings. The van der Waals surface area contributed by atoms with Crippen molar-refractivity contribution in [3.63, 3.8) is 0 Å². The van der Waals surface area contributed by atoms with Crippen molar-refractivity contribution in [2.75, 3.05) is 6.61 Å². The van der Waals surface area contributed by atoms with Gasteiger partial charge in [-0.1, -0.05) is 0 Å². The highest BCUT2D eigenvalue weighted by Crippen LogP contribution is 1.75. The van der Waals surface area contributed by atoms with Crippen LogP contribution in [0.5, 0.6) is 0 Å². The van der Waals surface area contributed by atoms with Gasteiger partial charge in [-0.15, -0.1) is 0 Å². The Morgan fingerprint density at radius 3 is 2.20 bits per heavy atom. The van der Waals surface area contributed by atoms with Gasteiger partial charge in [0.25, 0.3) is 0 Å². The van der Waals surface area contributed by atoms with Crippen LogP contribution in [0.2, 0.25) is 0 Å². The molecule has 31 valence electrons. The molecule has 0 fully saturated rings. The molecule has 0 aliphatic carbocycles. The van der Waals surface area contributed by atoms with Gasteiger partial charge < -0.3 is 10.8 Å². The van der Waals surface area contributed by atoms with Crippen molar-refractivity contribution in [1.29, 1.82) is 0 Å². The van der Waals surface area contributed by atoms with E-state index in [1.54, 1.807) is 6.92 Å². The molecule has 0 saturated carbocycles. The number of rotatable bonds is 1. The van der Waals surface area contributed by atoms with Gasteiger partial charge in [0.2, 0.25) is 0 Å². The monoisotopic (exact) mass is 74.1 g/mol. The Hall–Kier alpha value is -0.0800.